The van der Waals surface area contributed by atoms with Crippen LogP contribution in [0.3, 0.4) is 0 Å². The molecule has 0 radical (unpaired) electrons. The second-order valence-corrected chi connectivity index (χ2v) is 3.46. The highest BCUT2D eigenvalue weighted by molar-refractivity contribution is 5.73. The Hall–Kier alpha value is -0.610. The quantitative estimate of drug-likeness (QED) is 0.369. The Kier molecular flexibility index (Phi) is 4.20. The van der Waals surface area contributed by atoms with Gasteiger partial charge >= 0.3 is 5.97 Å². The van der Waals surface area contributed by atoms with E-state index in [0.717, 1.165) is 0 Å². The van der Waals surface area contributed by atoms with Gasteiger partial charge in [-0.2, -0.15) is 0 Å². The minimum Gasteiger partial charge on any atom is -0.467 e. The van der Waals surface area contributed by atoms with E-state index in [1.807, 2.05) is 20.8 Å². The number of methoxy groups -OCH3 is 1. The van der Waals surface area contributed by atoms with Crippen molar-refractivity contribution in [3.63, 3.8) is 0 Å². The van der Waals surface area contributed by atoms with Crippen molar-refractivity contribution in [3.8, 4) is 0 Å². The van der Waals surface area contributed by atoms with Crippen LogP contribution in [0.5, 0.6) is 0 Å². The molecule has 4 nitrogen and oxygen atoms in total. The van der Waals surface area contributed by atoms with Gasteiger partial charge in [0.05, 0.1) is 12.7 Å². The summed E-state index contributed by atoms with van der Waals surface area (Å²) in [6.07, 6.45) is -0.686. The van der Waals surface area contributed by atoms with Crippen LogP contribution in [0.25, 0.3) is 0 Å². The number of hydrogen-bond donors (Lipinski definition) is 0. The van der Waals surface area contributed by atoms with E-state index in [4.69, 9.17) is 9.78 Å². The highest BCUT2D eigenvalue weighted by Crippen LogP contribution is 2.09. The van der Waals surface area contributed by atoms with E-state index in [1.54, 1.807) is 6.92 Å². The molecule has 0 saturated heterocycles. The van der Waals surface area contributed by atoms with Crippen LogP contribution in [-0.4, -0.2) is 24.8 Å². The van der Waals surface area contributed by atoms with E-state index >= 15 is 0 Å². The van der Waals surface area contributed by atoms with Crippen LogP contribution in [0.2, 0.25) is 0 Å². The van der Waals surface area contributed by atoms with Crippen LogP contribution in [0.4, 0.5) is 0 Å². The average Bonchev–Trinajstić information content (AvgIpc) is 1.97. The minimum atomic E-state index is -0.686. The molecule has 0 N–H and O–H groups in total. The summed E-state index contributed by atoms with van der Waals surface area (Å²) in [5.41, 5.74) is -0.414. The maximum absolute atomic E-state index is 10.8. The van der Waals surface area contributed by atoms with Gasteiger partial charge in [-0.3, -0.25) is 0 Å². The van der Waals surface area contributed by atoms with E-state index < -0.39 is 17.7 Å². The molecule has 0 aliphatic heterocycles. The highest BCUT2D eigenvalue weighted by Gasteiger charge is 2.19. The minimum absolute atomic E-state index is 0.414. The monoisotopic (exact) mass is 176 g/mol. The molecule has 12 heavy (non-hydrogen) atoms. The molecule has 72 valence electrons. The van der Waals surface area contributed by atoms with Crippen LogP contribution < -0.4 is 0 Å². The van der Waals surface area contributed by atoms with E-state index in [1.165, 1.54) is 7.11 Å². The lowest BCUT2D eigenvalue weighted by atomic mass is 10.2. The summed E-state index contributed by atoms with van der Waals surface area (Å²) in [6.45, 7) is 7.06. The van der Waals surface area contributed by atoms with Gasteiger partial charge in [0.25, 0.3) is 0 Å². The topological polar surface area (TPSA) is 44.8 Å². The van der Waals surface area contributed by atoms with Crippen molar-refractivity contribution in [2.24, 2.45) is 0 Å². The summed E-state index contributed by atoms with van der Waals surface area (Å²) in [6, 6.07) is 0. The van der Waals surface area contributed by atoms with Crippen molar-refractivity contribution in [1.29, 1.82) is 0 Å². The fourth-order valence-corrected chi connectivity index (χ4v) is 0.422. The summed E-state index contributed by atoms with van der Waals surface area (Å²) < 4.78 is 4.43. The van der Waals surface area contributed by atoms with Crippen molar-refractivity contribution in [2.75, 3.05) is 7.11 Å². The number of esters is 1. The third-order valence-corrected chi connectivity index (χ3v) is 0.976. The lowest BCUT2D eigenvalue weighted by Gasteiger charge is -2.19. The summed E-state index contributed by atoms with van der Waals surface area (Å²) in [7, 11) is 1.30. The fraction of sp³-hybridized carbons (Fsp3) is 0.875. The molecular formula is C8H16O4. The first-order valence-electron chi connectivity index (χ1n) is 3.79. The van der Waals surface area contributed by atoms with Gasteiger partial charge in [-0.05, 0) is 27.7 Å². The zero-order valence-corrected chi connectivity index (χ0v) is 8.21. The van der Waals surface area contributed by atoms with Crippen molar-refractivity contribution >= 4 is 5.97 Å². The van der Waals surface area contributed by atoms with Crippen LogP contribution in [0, 0.1) is 0 Å². The molecule has 0 fully saturated rings. The predicted molar refractivity (Wildman–Crippen MR) is 43.4 cm³/mol. The first kappa shape index (κ1) is 11.4. The van der Waals surface area contributed by atoms with E-state index in [9.17, 15) is 4.79 Å². The van der Waals surface area contributed by atoms with Gasteiger partial charge in [-0.25, -0.2) is 14.6 Å². The lowest BCUT2D eigenvalue weighted by Crippen LogP contribution is -2.28. The molecule has 0 bridgehead atoms. The third kappa shape index (κ3) is 5.09. The van der Waals surface area contributed by atoms with Crippen LogP contribution in [-0.2, 0) is 19.3 Å². The summed E-state index contributed by atoms with van der Waals surface area (Å²) in [5, 5.41) is 0. The smallest absolute Gasteiger partial charge is 0.338 e. The maximum atomic E-state index is 10.8. The van der Waals surface area contributed by atoms with Gasteiger partial charge in [0.15, 0.2) is 6.10 Å². The largest absolute Gasteiger partial charge is 0.467 e. The van der Waals surface area contributed by atoms with Crippen LogP contribution in [0.15, 0.2) is 0 Å². The van der Waals surface area contributed by atoms with Gasteiger partial charge in [-0.1, -0.05) is 0 Å². The number of carbonyl (C=O) groups is 1. The SMILES string of the molecule is COC(=O)C(C)OOC(C)(C)C. The Balaban J connectivity index is 3.72. The molecule has 0 amide bonds. The van der Waals surface area contributed by atoms with Crippen LogP contribution >= 0.6 is 0 Å². The summed E-state index contributed by atoms with van der Waals surface area (Å²) in [5.74, 6) is -0.445. The molecule has 0 aromatic carbocycles. The van der Waals surface area contributed by atoms with E-state index in [0.29, 0.717) is 0 Å². The number of hydrogen-bond acceptors (Lipinski definition) is 4. The molecule has 4 heteroatoms. The van der Waals surface area contributed by atoms with E-state index in [-0.39, 0.29) is 0 Å². The Labute approximate surface area is 72.7 Å². The first-order chi connectivity index (χ1) is 5.37. The van der Waals surface area contributed by atoms with Crippen molar-refractivity contribution < 1.29 is 19.3 Å². The third-order valence-electron chi connectivity index (χ3n) is 0.976. The van der Waals surface area contributed by atoms with Gasteiger partial charge < -0.3 is 4.74 Å². The number of carbonyl (C=O) groups excluding carboxylic acids is 1. The molecule has 0 aliphatic carbocycles. The summed E-state index contributed by atoms with van der Waals surface area (Å²) >= 11 is 0. The van der Waals surface area contributed by atoms with Gasteiger partial charge in [-0.15, -0.1) is 0 Å². The molecule has 0 aromatic rings. The number of rotatable bonds is 3. The molecule has 1 unspecified atom stereocenters. The molecular weight excluding hydrogens is 160 g/mol. The molecule has 0 aliphatic rings. The van der Waals surface area contributed by atoms with Gasteiger partial charge in [0.2, 0.25) is 0 Å². The van der Waals surface area contributed by atoms with Crippen molar-refractivity contribution in [1.82, 2.24) is 0 Å². The average molecular weight is 176 g/mol. The molecule has 0 rings (SSSR count). The van der Waals surface area contributed by atoms with Gasteiger partial charge in [0.1, 0.15) is 0 Å². The molecule has 0 heterocycles. The Morgan fingerprint density at radius 2 is 1.83 bits per heavy atom. The molecule has 0 saturated carbocycles. The standard InChI is InChI=1S/C8H16O4/c1-6(7(9)10-5)11-12-8(2,3)4/h6H,1-5H3. The molecule has 0 spiro atoms. The normalized spacial score (nSPS) is 14.1. The number of ether oxygens (including phenoxy) is 1. The predicted octanol–water partition coefficient (Wildman–Crippen LogP) is 1.29. The zero-order valence-electron chi connectivity index (χ0n) is 8.21. The summed E-state index contributed by atoms with van der Waals surface area (Å²) in [4.78, 5) is 20.5. The Bertz CT molecular complexity index is 148. The van der Waals surface area contributed by atoms with Crippen molar-refractivity contribution in [2.45, 2.75) is 39.4 Å². The van der Waals surface area contributed by atoms with Gasteiger partial charge in [0, 0.05) is 0 Å². The second kappa shape index (κ2) is 4.42. The first-order valence-corrected chi connectivity index (χ1v) is 3.79. The molecule has 1 atom stereocenters. The van der Waals surface area contributed by atoms with E-state index in [2.05, 4.69) is 4.74 Å². The fourth-order valence-electron chi connectivity index (χ4n) is 0.422. The van der Waals surface area contributed by atoms with Crippen LogP contribution in [0.1, 0.15) is 27.7 Å². The zero-order chi connectivity index (χ0) is 9.78. The Morgan fingerprint density at radius 3 is 2.17 bits per heavy atom. The molecule has 0 aromatic heterocycles. The van der Waals surface area contributed by atoms with Crippen molar-refractivity contribution in [3.05, 3.63) is 0 Å². The Morgan fingerprint density at radius 1 is 1.33 bits per heavy atom. The maximum Gasteiger partial charge on any atom is 0.338 e. The highest BCUT2D eigenvalue weighted by atomic mass is 17.2. The lowest BCUT2D eigenvalue weighted by molar-refractivity contribution is -0.365. The second-order valence-electron chi connectivity index (χ2n) is 3.46.